The van der Waals surface area contributed by atoms with E-state index in [4.69, 9.17) is 11.6 Å². The summed E-state index contributed by atoms with van der Waals surface area (Å²) < 4.78 is 71.1. The second-order valence-electron chi connectivity index (χ2n) is 8.02. The molecule has 3 rings (SSSR count). The molecule has 0 bridgehead atoms. The number of ether oxygens (including phenoxy) is 1. The summed E-state index contributed by atoms with van der Waals surface area (Å²) in [5.74, 6) is -4.53. The van der Waals surface area contributed by atoms with Gasteiger partial charge in [0.1, 0.15) is 5.82 Å². The zero-order chi connectivity index (χ0) is 26.9. The van der Waals surface area contributed by atoms with E-state index in [2.05, 4.69) is 25.0 Å². The lowest BCUT2D eigenvalue weighted by Crippen LogP contribution is -2.55. The summed E-state index contributed by atoms with van der Waals surface area (Å²) >= 11 is 6.25. The third kappa shape index (κ3) is 5.71. The number of benzene rings is 2. The number of aromatic amines is 1. The lowest BCUT2D eigenvalue weighted by atomic mass is 10.0. The summed E-state index contributed by atoms with van der Waals surface area (Å²) in [6.45, 7) is 1.05. The molecule has 0 radical (unpaired) electrons. The molecule has 2 N–H and O–H groups in total. The Bertz CT molecular complexity index is 1320. The molecule has 2 aromatic carbocycles. The van der Waals surface area contributed by atoms with Crippen LogP contribution in [0.4, 0.5) is 22.0 Å². The van der Waals surface area contributed by atoms with Gasteiger partial charge in [-0.05, 0) is 24.6 Å². The van der Waals surface area contributed by atoms with Crippen LogP contribution in [-0.2, 0) is 22.0 Å². The van der Waals surface area contributed by atoms with Gasteiger partial charge in [-0.1, -0.05) is 41.9 Å². The summed E-state index contributed by atoms with van der Waals surface area (Å²) in [7, 11) is 0.776. The molecule has 0 spiro atoms. The molecule has 36 heavy (non-hydrogen) atoms. The average Bonchev–Trinajstić information content (AvgIpc) is 2.81. The van der Waals surface area contributed by atoms with Crippen molar-refractivity contribution < 1.29 is 31.5 Å². The number of carbonyl (C=O) groups excluding carboxylic acids is 1. The van der Waals surface area contributed by atoms with E-state index in [0.717, 1.165) is 14.0 Å². The Hall–Kier alpha value is -3.38. The summed E-state index contributed by atoms with van der Waals surface area (Å²) in [4.78, 5) is 34.8. The van der Waals surface area contributed by atoms with E-state index in [9.17, 15) is 31.5 Å². The molecular weight excluding hydrogens is 511 g/mol. The highest BCUT2D eigenvalue weighted by atomic mass is 35.5. The molecule has 1 heterocycles. The van der Waals surface area contributed by atoms with Gasteiger partial charge in [-0.15, -0.1) is 0 Å². The Morgan fingerprint density at radius 3 is 2.25 bits per heavy atom. The highest BCUT2D eigenvalue weighted by molar-refractivity contribution is 6.33. The van der Waals surface area contributed by atoms with Crippen LogP contribution < -0.4 is 11.0 Å². The molecule has 0 saturated heterocycles. The number of aromatic nitrogens is 3. The fraction of sp³-hybridized carbons (Fsp3) is 0.304. The molecule has 0 aliphatic rings. The second-order valence-corrected chi connectivity index (χ2v) is 8.43. The van der Waals surface area contributed by atoms with Crippen molar-refractivity contribution in [3.8, 4) is 22.8 Å². The predicted octanol–water partition coefficient (Wildman–Crippen LogP) is 4.85. The first-order chi connectivity index (χ1) is 16.7. The second kappa shape index (κ2) is 9.94. The van der Waals surface area contributed by atoms with Crippen LogP contribution >= 0.6 is 11.6 Å². The largest absolute Gasteiger partial charge is 0.426 e. The molecule has 7 nitrogen and oxygen atoms in total. The Morgan fingerprint density at radius 1 is 1.06 bits per heavy atom. The number of nitrogens with zero attached hydrogens (tertiary/aromatic N) is 2. The molecule has 1 atom stereocenters. The van der Waals surface area contributed by atoms with Gasteiger partial charge in [-0.25, -0.2) is 18.6 Å². The topological polar surface area (TPSA) is 97.0 Å². The van der Waals surface area contributed by atoms with E-state index in [0.29, 0.717) is 18.1 Å². The van der Waals surface area contributed by atoms with Gasteiger partial charge >= 0.3 is 11.9 Å². The van der Waals surface area contributed by atoms with Crippen LogP contribution in [0.5, 0.6) is 0 Å². The first-order valence-electron chi connectivity index (χ1n) is 10.3. The molecule has 0 aliphatic heterocycles. The van der Waals surface area contributed by atoms with Crippen molar-refractivity contribution in [2.45, 2.75) is 38.1 Å². The number of carbonyl (C=O) groups is 1. The number of H-pyrrole nitrogens is 1. The Morgan fingerprint density at radius 2 is 1.69 bits per heavy atom. The van der Waals surface area contributed by atoms with Crippen molar-refractivity contribution in [1.29, 1.82) is 0 Å². The number of alkyl halides is 5. The van der Waals surface area contributed by atoms with Crippen LogP contribution in [-0.4, -0.2) is 39.7 Å². The molecule has 13 heteroatoms. The molecule has 0 saturated carbocycles. The number of hydrogen-bond donors (Lipinski definition) is 2. The quantitative estimate of drug-likeness (QED) is 0.426. The van der Waals surface area contributed by atoms with Gasteiger partial charge in [0.2, 0.25) is 5.60 Å². The zero-order valence-electron chi connectivity index (χ0n) is 19.1. The van der Waals surface area contributed by atoms with Gasteiger partial charge in [-0.2, -0.15) is 18.2 Å². The summed E-state index contributed by atoms with van der Waals surface area (Å²) in [6, 6.07) is 9.35. The zero-order valence-corrected chi connectivity index (χ0v) is 19.9. The van der Waals surface area contributed by atoms with Crippen LogP contribution in [0.15, 0.2) is 47.3 Å². The molecule has 192 valence electrons. The third-order valence-corrected chi connectivity index (χ3v) is 5.75. The molecule has 1 unspecified atom stereocenters. The Labute approximate surface area is 206 Å². The lowest BCUT2D eigenvalue weighted by molar-refractivity contribution is -0.253. The normalized spacial score (nSPS) is 13.8. The number of amides is 1. The van der Waals surface area contributed by atoms with E-state index < -0.39 is 29.3 Å². The summed E-state index contributed by atoms with van der Waals surface area (Å²) in [5, 5.41) is 2.31. The van der Waals surface area contributed by atoms with E-state index in [1.54, 1.807) is 0 Å². The lowest BCUT2D eigenvalue weighted by Gasteiger charge is -2.29. The number of rotatable bonds is 7. The molecule has 0 fully saturated rings. The highest BCUT2D eigenvalue weighted by Gasteiger charge is 2.57. The van der Waals surface area contributed by atoms with Crippen molar-refractivity contribution in [2.75, 3.05) is 7.11 Å². The van der Waals surface area contributed by atoms with Crippen LogP contribution in [0.1, 0.15) is 25.0 Å². The Balaban J connectivity index is 1.91. The van der Waals surface area contributed by atoms with Crippen molar-refractivity contribution in [2.24, 2.45) is 0 Å². The van der Waals surface area contributed by atoms with E-state index in [-0.39, 0.29) is 34.3 Å². The van der Waals surface area contributed by atoms with Gasteiger partial charge in [-0.3, -0.25) is 9.78 Å². The number of methoxy groups -OCH3 is 1. The minimum atomic E-state index is -4.95. The first kappa shape index (κ1) is 27.2. The van der Waals surface area contributed by atoms with Crippen LogP contribution in [0.25, 0.3) is 22.8 Å². The van der Waals surface area contributed by atoms with Gasteiger partial charge in [0.05, 0.1) is 5.02 Å². The minimum Gasteiger partial charge on any atom is -0.361 e. The summed E-state index contributed by atoms with van der Waals surface area (Å²) in [6.07, 6.45) is -4.95. The maximum absolute atomic E-state index is 13.5. The van der Waals surface area contributed by atoms with Crippen molar-refractivity contribution in [1.82, 2.24) is 20.3 Å². The van der Waals surface area contributed by atoms with E-state index >= 15 is 0 Å². The fourth-order valence-corrected chi connectivity index (χ4v) is 3.31. The SMILES string of the molecule is COC(C)(C(=O)NCc1ccc(Cl)c(-c2nc(-c3ccc(C(C)(F)F)cc3)nc(=O)[nH]2)c1)C(F)(F)F. The van der Waals surface area contributed by atoms with Gasteiger partial charge in [0, 0.05) is 37.3 Å². The minimum absolute atomic E-state index is 0.0231. The predicted molar refractivity (Wildman–Crippen MR) is 121 cm³/mol. The number of hydrogen-bond acceptors (Lipinski definition) is 5. The molecule has 1 aromatic heterocycles. The van der Waals surface area contributed by atoms with Crippen LogP contribution in [0.3, 0.4) is 0 Å². The van der Waals surface area contributed by atoms with Crippen molar-refractivity contribution in [3.05, 3.63) is 69.1 Å². The summed E-state index contributed by atoms with van der Waals surface area (Å²) in [5.41, 5.74) is -3.24. The van der Waals surface area contributed by atoms with E-state index in [1.165, 1.54) is 42.5 Å². The maximum atomic E-state index is 13.5. The Kier molecular flexibility index (Phi) is 7.51. The number of halogens is 6. The maximum Gasteiger partial charge on any atom is 0.426 e. The van der Waals surface area contributed by atoms with E-state index in [1.807, 2.05) is 0 Å². The molecular formula is C23H20ClF5N4O3. The molecule has 1 amide bonds. The number of nitrogens with one attached hydrogen (secondary N) is 2. The van der Waals surface area contributed by atoms with Crippen molar-refractivity contribution in [3.63, 3.8) is 0 Å². The smallest absolute Gasteiger partial charge is 0.361 e. The molecule has 3 aromatic rings. The van der Waals surface area contributed by atoms with Gasteiger partial charge in [0.25, 0.3) is 11.8 Å². The van der Waals surface area contributed by atoms with Crippen molar-refractivity contribution >= 4 is 17.5 Å². The fourth-order valence-electron chi connectivity index (χ4n) is 3.10. The average molecular weight is 531 g/mol. The van der Waals surface area contributed by atoms with Gasteiger partial charge in [0.15, 0.2) is 5.82 Å². The standard InChI is InChI=1S/C23H20ClF5N4O3/c1-21(36-3,23(27,28)29)19(34)30-11-12-4-9-16(24)15(10-12)18-31-17(32-20(35)33-18)13-5-7-14(8-6-13)22(2,25)26/h4-10H,11H2,1-3H3,(H,30,34)(H,31,32,33,35). The first-order valence-corrected chi connectivity index (χ1v) is 10.7. The third-order valence-electron chi connectivity index (χ3n) is 5.42. The monoisotopic (exact) mass is 530 g/mol. The van der Waals surface area contributed by atoms with Crippen LogP contribution in [0, 0.1) is 0 Å². The highest BCUT2D eigenvalue weighted by Crippen LogP contribution is 2.33. The van der Waals surface area contributed by atoms with Gasteiger partial charge < -0.3 is 10.1 Å². The molecule has 0 aliphatic carbocycles. The van der Waals surface area contributed by atoms with Crippen LogP contribution in [0.2, 0.25) is 5.02 Å².